The summed E-state index contributed by atoms with van der Waals surface area (Å²) in [4.78, 5) is 28.1. The van der Waals surface area contributed by atoms with Gasteiger partial charge in [-0.3, -0.25) is 4.79 Å². The number of hydrogen-bond donors (Lipinski definition) is 3. The third-order valence-corrected chi connectivity index (χ3v) is 3.95. The van der Waals surface area contributed by atoms with Crippen molar-refractivity contribution in [1.82, 2.24) is 10.3 Å². The SMILES string of the molecule is Cc1ccc(Oc2ccc(NC(=O)CNC(=O)Nc3cccc(C)c3)cn2)cc1. The number of aryl methyl sites for hydroxylation is 2. The molecule has 3 aromatic rings. The van der Waals surface area contributed by atoms with E-state index in [1.165, 1.54) is 6.20 Å². The topological polar surface area (TPSA) is 92.4 Å². The lowest BCUT2D eigenvalue weighted by Crippen LogP contribution is -2.35. The van der Waals surface area contributed by atoms with Gasteiger partial charge in [0.05, 0.1) is 18.4 Å². The number of rotatable bonds is 6. The highest BCUT2D eigenvalue weighted by molar-refractivity contribution is 5.96. The molecule has 1 heterocycles. The number of pyridine rings is 1. The highest BCUT2D eigenvalue weighted by atomic mass is 16.5. The number of carbonyl (C=O) groups is 2. The number of ether oxygens (including phenoxy) is 1. The Hall–Kier alpha value is -3.87. The maximum absolute atomic E-state index is 12.0. The van der Waals surface area contributed by atoms with E-state index in [1.807, 2.05) is 56.3 Å². The fourth-order valence-electron chi connectivity index (χ4n) is 2.51. The van der Waals surface area contributed by atoms with Crippen LogP contribution in [0.4, 0.5) is 16.2 Å². The molecule has 7 nitrogen and oxygen atoms in total. The van der Waals surface area contributed by atoms with Gasteiger partial charge in [-0.25, -0.2) is 9.78 Å². The van der Waals surface area contributed by atoms with E-state index in [2.05, 4.69) is 20.9 Å². The molecule has 1 aromatic heterocycles. The number of hydrogen-bond acceptors (Lipinski definition) is 4. The average Bonchev–Trinajstić information content (AvgIpc) is 2.70. The first-order chi connectivity index (χ1) is 14.0. The summed E-state index contributed by atoms with van der Waals surface area (Å²) < 4.78 is 5.65. The number of benzene rings is 2. The number of amides is 3. The first-order valence-electron chi connectivity index (χ1n) is 9.10. The first kappa shape index (κ1) is 19.9. The standard InChI is InChI=1S/C22H22N4O3/c1-15-6-9-19(10-7-15)29-21-11-8-18(13-23-21)25-20(27)14-24-22(28)26-17-5-3-4-16(2)12-17/h3-13H,14H2,1-2H3,(H,25,27)(H2,24,26,28). The van der Waals surface area contributed by atoms with Gasteiger partial charge in [0.2, 0.25) is 11.8 Å². The van der Waals surface area contributed by atoms with Crippen molar-refractivity contribution in [3.05, 3.63) is 78.0 Å². The maximum atomic E-state index is 12.0. The second-order valence-electron chi connectivity index (χ2n) is 6.53. The Labute approximate surface area is 169 Å². The van der Waals surface area contributed by atoms with E-state index in [-0.39, 0.29) is 12.5 Å². The van der Waals surface area contributed by atoms with E-state index in [4.69, 9.17) is 4.74 Å². The Morgan fingerprint density at radius 1 is 0.897 bits per heavy atom. The molecular weight excluding hydrogens is 368 g/mol. The zero-order valence-corrected chi connectivity index (χ0v) is 16.2. The van der Waals surface area contributed by atoms with E-state index in [1.54, 1.807) is 18.2 Å². The number of anilines is 2. The minimum atomic E-state index is -0.453. The summed E-state index contributed by atoms with van der Waals surface area (Å²) in [6.07, 6.45) is 1.49. The lowest BCUT2D eigenvalue weighted by Gasteiger charge is -2.09. The van der Waals surface area contributed by atoms with E-state index in [0.29, 0.717) is 23.0 Å². The van der Waals surface area contributed by atoms with Crippen molar-refractivity contribution < 1.29 is 14.3 Å². The fourth-order valence-corrected chi connectivity index (χ4v) is 2.51. The number of aromatic nitrogens is 1. The summed E-state index contributed by atoms with van der Waals surface area (Å²) in [5.41, 5.74) is 3.34. The van der Waals surface area contributed by atoms with Crippen molar-refractivity contribution in [2.24, 2.45) is 0 Å². The second kappa shape index (κ2) is 9.36. The molecule has 0 radical (unpaired) electrons. The molecule has 3 amide bonds. The van der Waals surface area contributed by atoms with Crippen LogP contribution < -0.4 is 20.7 Å². The Kier molecular flexibility index (Phi) is 6.42. The quantitative estimate of drug-likeness (QED) is 0.587. The van der Waals surface area contributed by atoms with E-state index >= 15 is 0 Å². The molecule has 0 fully saturated rings. The van der Waals surface area contributed by atoms with Gasteiger partial charge in [0.1, 0.15) is 5.75 Å². The number of urea groups is 1. The van der Waals surface area contributed by atoms with Crippen LogP contribution in [0.2, 0.25) is 0 Å². The van der Waals surface area contributed by atoms with Crippen LogP contribution in [0.25, 0.3) is 0 Å². The van der Waals surface area contributed by atoms with E-state index in [9.17, 15) is 9.59 Å². The van der Waals surface area contributed by atoms with Crippen molar-refractivity contribution in [2.45, 2.75) is 13.8 Å². The minimum absolute atomic E-state index is 0.167. The lowest BCUT2D eigenvalue weighted by molar-refractivity contribution is -0.115. The van der Waals surface area contributed by atoms with Crippen molar-refractivity contribution in [1.29, 1.82) is 0 Å². The van der Waals surface area contributed by atoms with Gasteiger partial charge in [0.25, 0.3) is 0 Å². The third kappa shape index (κ3) is 6.35. The van der Waals surface area contributed by atoms with E-state index in [0.717, 1.165) is 11.1 Å². The van der Waals surface area contributed by atoms with Crippen molar-refractivity contribution in [3.63, 3.8) is 0 Å². The molecular formula is C22H22N4O3. The monoisotopic (exact) mass is 390 g/mol. The Morgan fingerprint density at radius 3 is 2.38 bits per heavy atom. The molecule has 3 rings (SSSR count). The molecule has 2 aromatic carbocycles. The molecule has 0 saturated heterocycles. The van der Waals surface area contributed by atoms with Gasteiger partial charge in [-0.05, 0) is 49.7 Å². The summed E-state index contributed by atoms with van der Waals surface area (Å²) in [5.74, 6) is 0.740. The third-order valence-electron chi connectivity index (χ3n) is 3.95. The number of nitrogens with one attached hydrogen (secondary N) is 3. The van der Waals surface area contributed by atoms with Crippen molar-refractivity contribution >= 4 is 23.3 Å². The summed E-state index contributed by atoms with van der Waals surface area (Å²) in [5, 5.41) is 7.86. The minimum Gasteiger partial charge on any atom is -0.439 e. The van der Waals surface area contributed by atoms with Crippen LogP contribution in [-0.4, -0.2) is 23.5 Å². The zero-order valence-electron chi connectivity index (χ0n) is 16.2. The first-order valence-corrected chi connectivity index (χ1v) is 9.10. The van der Waals surface area contributed by atoms with E-state index < -0.39 is 6.03 Å². The molecule has 0 aliphatic carbocycles. The smallest absolute Gasteiger partial charge is 0.319 e. The summed E-state index contributed by atoms with van der Waals surface area (Å²) >= 11 is 0. The highest BCUT2D eigenvalue weighted by Gasteiger charge is 2.07. The van der Waals surface area contributed by atoms with Gasteiger partial charge >= 0.3 is 6.03 Å². The summed E-state index contributed by atoms with van der Waals surface area (Å²) in [7, 11) is 0. The number of carbonyl (C=O) groups excluding carboxylic acids is 2. The molecule has 29 heavy (non-hydrogen) atoms. The van der Waals surface area contributed by atoms with Crippen LogP contribution in [0, 0.1) is 13.8 Å². The second-order valence-corrected chi connectivity index (χ2v) is 6.53. The molecule has 0 spiro atoms. The van der Waals surface area contributed by atoms with Gasteiger partial charge < -0.3 is 20.7 Å². The Morgan fingerprint density at radius 2 is 1.69 bits per heavy atom. The largest absolute Gasteiger partial charge is 0.439 e. The van der Waals surface area contributed by atoms with Crippen LogP contribution in [0.1, 0.15) is 11.1 Å². The summed E-state index contributed by atoms with van der Waals surface area (Å²) in [6.45, 7) is 3.77. The van der Waals surface area contributed by atoms with Crippen LogP contribution in [0.5, 0.6) is 11.6 Å². The van der Waals surface area contributed by atoms with Crippen LogP contribution in [-0.2, 0) is 4.79 Å². The molecule has 7 heteroatoms. The van der Waals surface area contributed by atoms with Gasteiger partial charge in [-0.15, -0.1) is 0 Å². The van der Waals surface area contributed by atoms with Crippen molar-refractivity contribution in [3.8, 4) is 11.6 Å². The Bertz CT molecular complexity index is 986. The fraction of sp³-hybridized carbons (Fsp3) is 0.136. The maximum Gasteiger partial charge on any atom is 0.319 e. The lowest BCUT2D eigenvalue weighted by atomic mass is 10.2. The molecule has 0 aliphatic heterocycles. The van der Waals surface area contributed by atoms with Gasteiger partial charge in [-0.1, -0.05) is 29.8 Å². The van der Waals surface area contributed by atoms with Gasteiger partial charge in [-0.2, -0.15) is 0 Å². The molecule has 3 N–H and O–H groups in total. The normalized spacial score (nSPS) is 10.1. The summed E-state index contributed by atoms with van der Waals surface area (Å²) in [6, 6.07) is 17.9. The van der Waals surface area contributed by atoms with Crippen LogP contribution in [0.3, 0.4) is 0 Å². The molecule has 0 saturated carbocycles. The zero-order chi connectivity index (χ0) is 20.6. The van der Waals surface area contributed by atoms with Gasteiger partial charge in [0.15, 0.2) is 0 Å². The van der Waals surface area contributed by atoms with Crippen LogP contribution >= 0.6 is 0 Å². The van der Waals surface area contributed by atoms with Crippen molar-refractivity contribution in [2.75, 3.05) is 17.2 Å². The highest BCUT2D eigenvalue weighted by Crippen LogP contribution is 2.20. The van der Waals surface area contributed by atoms with Crippen LogP contribution in [0.15, 0.2) is 66.9 Å². The average molecular weight is 390 g/mol. The molecule has 0 bridgehead atoms. The Balaban J connectivity index is 1.45. The molecule has 0 unspecified atom stereocenters. The molecule has 148 valence electrons. The predicted octanol–water partition coefficient (Wildman–Crippen LogP) is 4.25. The predicted molar refractivity (Wildman–Crippen MR) is 112 cm³/mol. The number of nitrogens with zero attached hydrogens (tertiary/aromatic N) is 1. The molecule has 0 atom stereocenters. The molecule has 0 aliphatic rings. The van der Waals surface area contributed by atoms with Gasteiger partial charge in [0, 0.05) is 11.8 Å².